The lowest BCUT2D eigenvalue weighted by atomic mass is 10.3. The third-order valence-corrected chi connectivity index (χ3v) is 2.80. The first kappa shape index (κ1) is 13.6. The average molecular weight is 230 g/mol. The molecule has 0 bridgehead atoms. The van der Waals surface area contributed by atoms with E-state index in [1.165, 1.54) is 0 Å². The molecule has 5 heteroatoms. The topological polar surface area (TPSA) is 53.0 Å². The van der Waals surface area contributed by atoms with Gasteiger partial charge in [-0.1, -0.05) is 0 Å². The monoisotopic (exact) mass is 230 g/mol. The fourth-order valence-corrected chi connectivity index (χ4v) is 2.00. The lowest BCUT2D eigenvalue weighted by Crippen LogP contribution is -2.35. The van der Waals surface area contributed by atoms with Gasteiger partial charge in [0.1, 0.15) is 6.61 Å². The van der Waals surface area contributed by atoms with Crippen molar-refractivity contribution in [3.05, 3.63) is 0 Å². The number of β-amino-alcohol motifs (C(OH)–C–C–N with tert-alkyl or cyclic N) is 1. The van der Waals surface area contributed by atoms with Crippen LogP contribution in [-0.4, -0.2) is 80.3 Å². The number of ether oxygens (including phenoxy) is 1. The van der Waals surface area contributed by atoms with Gasteiger partial charge in [0.25, 0.3) is 0 Å². The molecule has 1 saturated heterocycles. The van der Waals surface area contributed by atoms with Crippen molar-refractivity contribution < 1.29 is 14.6 Å². The number of hydrogen-bond acceptors (Lipinski definition) is 5. The summed E-state index contributed by atoms with van der Waals surface area (Å²) in [6.07, 6.45) is 1.06. The molecule has 0 aromatic heterocycles. The maximum atomic E-state index is 11.4. The van der Waals surface area contributed by atoms with E-state index < -0.39 is 0 Å². The molecule has 0 amide bonds. The van der Waals surface area contributed by atoms with Crippen molar-refractivity contribution in [1.29, 1.82) is 0 Å². The van der Waals surface area contributed by atoms with Gasteiger partial charge in [0.2, 0.25) is 0 Å². The predicted octanol–water partition coefficient (Wildman–Crippen LogP) is -0.798. The van der Waals surface area contributed by atoms with E-state index in [9.17, 15) is 4.79 Å². The summed E-state index contributed by atoms with van der Waals surface area (Å²) < 4.78 is 4.82. The summed E-state index contributed by atoms with van der Waals surface area (Å²) in [6, 6.07) is 0. The van der Waals surface area contributed by atoms with Crippen molar-refractivity contribution in [1.82, 2.24) is 9.80 Å². The molecule has 0 saturated carbocycles. The van der Waals surface area contributed by atoms with Gasteiger partial charge in [-0.05, 0) is 19.5 Å². The smallest absolute Gasteiger partial charge is 0.172 e. The molecular formula is C11H22N2O3. The lowest BCUT2D eigenvalue weighted by molar-refractivity contribution is -0.123. The summed E-state index contributed by atoms with van der Waals surface area (Å²) >= 11 is 0. The third kappa shape index (κ3) is 5.03. The zero-order valence-electron chi connectivity index (χ0n) is 10.0. The lowest BCUT2D eigenvalue weighted by Gasteiger charge is -2.20. The predicted molar refractivity (Wildman–Crippen MR) is 61.5 cm³/mol. The first-order valence-corrected chi connectivity index (χ1v) is 5.82. The van der Waals surface area contributed by atoms with Crippen LogP contribution in [0.2, 0.25) is 0 Å². The standard InChI is InChI=1S/C11H22N2O3/c1-16-10-11(15)9-13-4-2-3-12(5-6-13)7-8-14/h14H,2-10H2,1H3. The SMILES string of the molecule is COCC(=O)CN1CCCN(CCO)CC1. The highest BCUT2D eigenvalue weighted by molar-refractivity contribution is 5.81. The maximum Gasteiger partial charge on any atom is 0.172 e. The highest BCUT2D eigenvalue weighted by Gasteiger charge is 2.16. The molecule has 5 nitrogen and oxygen atoms in total. The molecule has 1 aliphatic heterocycles. The Morgan fingerprint density at radius 3 is 2.62 bits per heavy atom. The molecule has 0 aromatic carbocycles. The second-order valence-corrected chi connectivity index (χ2v) is 4.17. The van der Waals surface area contributed by atoms with E-state index in [0.29, 0.717) is 6.54 Å². The first-order valence-electron chi connectivity index (χ1n) is 5.82. The highest BCUT2D eigenvalue weighted by atomic mass is 16.5. The number of Topliss-reactive ketones (excluding diaryl/α,β-unsaturated/α-hetero) is 1. The van der Waals surface area contributed by atoms with Crippen LogP contribution >= 0.6 is 0 Å². The molecule has 1 heterocycles. The highest BCUT2D eigenvalue weighted by Crippen LogP contribution is 2.02. The van der Waals surface area contributed by atoms with Crippen LogP contribution in [0.4, 0.5) is 0 Å². The fraction of sp³-hybridized carbons (Fsp3) is 0.909. The summed E-state index contributed by atoms with van der Waals surface area (Å²) in [5, 5.41) is 8.87. The third-order valence-electron chi connectivity index (χ3n) is 2.80. The quantitative estimate of drug-likeness (QED) is 0.647. The number of aliphatic hydroxyl groups excluding tert-OH is 1. The van der Waals surface area contributed by atoms with Crippen LogP contribution in [0, 0.1) is 0 Å². The zero-order valence-corrected chi connectivity index (χ0v) is 10.0. The molecule has 0 aromatic rings. The van der Waals surface area contributed by atoms with Crippen molar-refractivity contribution in [2.75, 3.05) is 59.6 Å². The first-order chi connectivity index (χ1) is 7.76. The van der Waals surface area contributed by atoms with Crippen molar-refractivity contribution in [2.45, 2.75) is 6.42 Å². The van der Waals surface area contributed by atoms with Crippen molar-refractivity contribution in [3.8, 4) is 0 Å². The maximum absolute atomic E-state index is 11.4. The number of nitrogens with zero attached hydrogens (tertiary/aromatic N) is 2. The molecule has 1 rings (SSSR count). The van der Waals surface area contributed by atoms with Crippen LogP contribution in [0.5, 0.6) is 0 Å². The van der Waals surface area contributed by atoms with Crippen molar-refractivity contribution >= 4 is 5.78 Å². The van der Waals surface area contributed by atoms with Crippen LogP contribution < -0.4 is 0 Å². The van der Waals surface area contributed by atoms with E-state index in [4.69, 9.17) is 9.84 Å². The molecule has 0 spiro atoms. The Balaban J connectivity index is 2.27. The summed E-state index contributed by atoms with van der Waals surface area (Å²) in [7, 11) is 1.54. The Bertz CT molecular complexity index is 211. The number of methoxy groups -OCH3 is 1. The normalized spacial score (nSPS) is 19.6. The van der Waals surface area contributed by atoms with Gasteiger partial charge in [0.15, 0.2) is 5.78 Å². The summed E-state index contributed by atoms with van der Waals surface area (Å²) in [4.78, 5) is 15.8. The van der Waals surface area contributed by atoms with Crippen LogP contribution in [0.25, 0.3) is 0 Å². The van der Waals surface area contributed by atoms with E-state index in [0.717, 1.165) is 39.1 Å². The summed E-state index contributed by atoms with van der Waals surface area (Å²) in [5.41, 5.74) is 0. The van der Waals surface area contributed by atoms with Gasteiger partial charge in [0.05, 0.1) is 13.2 Å². The Morgan fingerprint density at radius 1 is 1.25 bits per heavy atom. The molecule has 1 aliphatic rings. The van der Waals surface area contributed by atoms with Gasteiger partial charge in [-0.2, -0.15) is 0 Å². The fourth-order valence-electron chi connectivity index (χ4n) is 2.00. The Kier molecular flexibility index (Phi) is 6.56. The van der Waals surface area contributed by atoms with Gasteiger partial charge in [-0.25, -0.2) is 0 Å². The second-order valence-electron chi connectivity index (χ2n) is 4.17. The average Bonchev–Trinajstić information content (AvgIpc) is 2.45. The van der Waals surface area contributed by atoms with Gasteiger partial charge >= 0.3 is 0 Å². The van der Waals surface area contributed by atoms with Gasteiger partial charge in [-0.15, -0.1) is 0 Å². The minimum Gasteiger partial charge on any atom is -0.395 e. The molecular weight excluding hydrogens is 208 g/mol. The Labute approximate surface area is 97.0 Å². The molecule has 1 N–H and O–H groups in total. The van der Waals surface area contributed by atoms with E-state index in [1.54, 1.807) is 7.11 Å². The van der Waals surface area contributed by atoms with E-state index in [-0.39, 0.29) is 19.0 Å². The zero-order chi connectivity index (χ0) is 11.8. The number of aliphatic hydroxyl groups is 1. The Morgan fingerprint density at radius 2 is 1.94 bits per heavy atom. The minimum atomic E-state index is 0.137. The molecule has 0 radical (unpaired) electrons. The van der Waals surface area contributed by atoms with E-state index in [1.807, 2.05) is 0 Å². The van der Waals surface area contributed by atoms with E-state index in [2.05, 4.69) is 9.80 Å². The summed E-state index contributed by atoms with van der Waals surface area (Å²) in [6.45, 7) is 5.43. The molecule has 16 heavy (non-hydrogen) atoms. The number of hydrogen-bond donors (Lipinski definition) is 1. The van der Waals surface area contributed by atoms with Crippen LogP contribution in [0.15, 0.2) is 0 Å². The van der Waals surface area contributed by atoms with Crippen LogP contribution in [0.1, 0.15) is 6.42 Å². The Hall–Kier alpha value is -0.490. The second kappa shape index (κ2) is 7.73. The molecule has 1 fully saturated rings. The van der Waals surface area contributed by atoms with Gasteiger partial charge in [-0.3, -0.25) is 14.6 Å². The molecule has 94 valence electrons. The van der Waals surface area contributed by atoms with Crippen LogP contribution in [0.3, 0.4) is 0 Å². The molecule has 0 aliphatic carbocycles. The minimum absolute atomic E-state index is 0.137. The van der Waals surface area contributed by atoms with Gasteiger partial charge < -0.3 is 9.84 Å². The summed E-state index contributed by atoms with van der Waals surface area (Å²) in [5.74, 6) is 0.137. The number of ketones is 1. The van der Waals surface area contributed by atoms with Crippen molar-refractivity contribution in [3.63, 3.8) is 0 Å². The van der Waals surface area contributed by atoms with E-state index >= 15 is 0 Å². The largest absolute Gasteiger partial charge is 0.395 e. The number of rotatable bonds is 6. The molecule has 0 unspecified atom stereocenters. The van der Waals surface area contributed by atoms with Crippen molar-refractivity contribution in [2.24, 2.45) is 0 Å². The van der Waals surface area contributed by atoms with Gasteiger partial charge in [0, 0.05) is 26.7 Å². The number of carbonyl (C=O) groups excluding carboxylic acids is 1. The number of carbonyl (C=O) groups is 1. The van der Waals surface area contributed by atoms with Crippen LogP contribution in [-0.2, 0) is 9.53 Å². The molecule has 0 atom stereocenters.